The quantitative estimate of drug-likeness (QED) is 0.160. The lowest BCUT2D eigenvalue weighted by Crippen LogP contribution is -2.24. The lowest BCUT2D eigenvalue weighted by atomic mass is 9.86. The Labute approximate surface area is 395 Å². The first kappa shape index (κ1) is 39.7. The summed E-state index contributed by atoms with van der Waals surface area (Å²) < 4.78 is 11.7. The molecule has 0 N–H and O–H groups in total. The van der Waals surface area contributed by atoms with Crippen LogP contribution in [-0.4, -0.2) is 20.8 Å². The van der Waals surface area contributed by atoms with Gasteiger partial charge in [0.05, 0.1) is 33.4 Å². The number of ether oxygens (including phenoxy) is 1. The Kier molecular flexibility index (Phi) is 9.06. The van der Waals surface area contributed by atoms with Gasteiger partial charge >= 0.3 is 0 Å². The van der Waals surface area contributed by atoms with Crippen molar-refractivity contribution in [3.05, 3.63) is 224 Å². The monoisotopic (exact) mass is 877 g/mol. The maximum Gasteiger partial charge on any atom is 0.139 e. The van der Waals surface area contributed by atoms with Crippen molar-refractivity contribution in [2.45, 2.75) is 26.2 Å². The maximum absolute atomic E-state index is 7.05. The highest BCUT2D eigenvalue weighted by atomic mass is 16.5. The van der Waals surface area contributed by atoms with Gasteiger partial charge in [0, 0.05) is 63.0 Å². The average molecular weight is 878 g/mol. The van der Waals surface area contributed by atoms with E-state index >= 15 is 0 Å². The third-order valence-electron chi connectivity index (χ3n) is 13.7. The number of para-hydroxylation sites is 4. The van der Waals surface area contributed by atoms with Gasteiger partial charge in [0.2, 0.25) is 0 Å². The highest BCUT2D eigenvalue weighted by molar-refractivity contribution is 6.14. The van der Waals surface area contributed by atoms with E-state index in [1.807, 2.05) is 0 Å². The summed E-state index contributed by atoms with van der Waals surface area (Å²) in [5.41, 5.74) is 13.4. The molecule has 0 saturated carbocycles. The minimum absolute atomic E-state index is 0.126. The second kappa shape index (κ2) is 15.5. The predicted octanol–water partition coefficient (Wildman–Crippen LogP) is 16.4. The number of hydrogen-bond donors (Lipinski definition) is 0. The molecular weight excluding hydrogens is 831 g/mol. The van der Waals surface area contributed by atoms with E-state index in [0.29, 0.717) is 6.67 Å². The normalized spacial score (nSPS) is 12.8. The molecule has 1 aliphatic heterocycles. The summed E-state index contributed by atoms with van der Waals surface area (Å²) in [4.78, 5) is 10.1. The van der Waals surface area contributed by atoms with Gasteiger partial charge in [-0.15, -0.1) is 0 Å². The highest BCUT2D eigenvalue weighted by Crippen LogP contribution is 2.47. The standard InChI is InChI=1S/C62H47N5O/c1-62(2,3)45-34-48(65-40-64(46-21-9-5-10-22-46)56-25-15-16-26-57(56)65)36-50(35-45)68-49-28-29-51-52-32-44(41-17-7-4-8-18-41)27-30-55(52)67(59(51)37-49)61-38-60-54(39-63-61)53-31-42-19-13-14-20-43(42)33-58(53)66(60)47-23-11-6-12-24-47/h4-39H,40H2,1-3H3. The van der Waals surface area contributed by atoms with Gasteiger partial charge in [-0.05, 0) is 118 Å². The second-order valence-electron chi connectivity index (χ2n) is 18.9. The fourth-order valence-corrected chi connectivity index (χ4v) is 10.3. The Balaban J connectivity index is 0.982. The van der Waals surface area contributed by atoms with Gasteiger partial charge in [-0.2, -0.15) is 0 Å². The first-order valence-corrected chi connectivity index (χ1v) is 23.4. The first-order chi connectivity index (χ1) is 33.3. The molecule has 0 fully saturated rings. The molecule has 0 bridgehead atoms. The van der Waals surface area contributed by atoms with Crippen LogP contribution in [0.15, 0.2) is 219 Å². The average Bonchev–Trinajstić information content (AvgIpc) is 4.03. The van der Waals surface area contributed by atoms with Crippen molar-refractivity contribution in [1.82, 2.24) is 14.1 Å². The molecule has 0 radical (unpaired) electrons. The third kappa shape index (κ3) is 6.59. The molecule has 0 atom stereocenters. The number of aromatic nitrogens is 3. The topological polar surface area (TPSA) is 38.5 Å². The highest BCUT2D eigenvalue weighted by Gasteiger charge is 2.29. The van der Waals surface area contributed by atoms with Crippen molar-refractivity contribution in [3.63, 3.8) is 0 Å². The molecule has 4 heterocycles. The molecular formula is C62H47N5O. The van der Waals surface area contributed by atoms with Crippen molar-refractivity contribution in [2.75, 3.05) is 16.5 Å². The number of rotatable bonds is 7. The van der Waals surface area contributed by atoms with E-state index in [1.54, 1.807) is 0 Å². The van der Waals surface area contributed by atoms with Crippen LogP contribution in [0.25, 0.3) is 77.0 Å². The zero-order chi connectivity index (χ0) is 45.5. The molecule has 0 amide bonds. The van der Waals surface area contributed by atoms with Crippen LogP contribution in [0, 0.1) is 0 Å². The number of pyridine rings is 1. The Morgan fingerprint density at radius 1 is 0.412 bits per heavy atom. The summed E-state index contributed by atoms with van der Waals surface area (Å²) in [6.07, 6.45) is 2.06. The molecule has 0 aliphatic carbocycles. The van der Waals surface area contributed by atoms with E-state index < -0.39 is 0 Å². The summed E-state index contributed by atoms with van der Waals surface area (Å²) in [6.45, 7) is 7.48. The SMILES string of the molecule is CC(C)(C)c1cc(Oc2ccc3c4cc(-c5ccccc5)ccc4n(-c4cc5c(cn4)c4cc6ccccc6cc4n5-c4ccccc4)c3c2)cc(N2CN(c3ccccc3)c3ccccc32)c1. The van der Waals surface area contributed by atoms with Gasteiger partial charge in [-0.1, -0.05) is 130 Å². The van der Waals surface area contributed by atoms with Gasteiger partial charge < -0.3 is 19.1 Å². The number of hydrogen-bond acceptors (Lipinski definition) is 4. The second-order valence-corrected chi connectivity index (χ2v) is 18.9. The van der Waals surface area contributed by atoms with E-state index in [9.17, 15) is 0 Å². The van der Waals surface area contributed by atoms with Crippen LogP contribution >= 0.6 is 0 Å². The van der Waals surface area contributed by atoms with Crippen LogP contribution in [0.1, 0.15) is 26.3 Å². The fraction of sp³-hybridized carbons (Fsp3) is 0.0806. The molecule has 13 rings (SSSR count). The van der Waals surface area contributed by atoms with Crippen molar-refractivity contribution in [1.29, 1.82) is 0 Å². The zero-order valence-corrected chi connectivity index (χ0v) is 38.1. The van der Waals surface area contributed by atoms with E-state index in [2.05, 4.69) is 258 Å². The molecule has 0 unspecified atom stereocenters. The summed E-state index contributed by atoms with van der Waals surface area (Å²) in [7, 11) is 0. The number of anilines is 4. The number of fused-ring (bicyclic) bond motifs is 8. The summed E-state index contributed by atoms with van der Waals surface area (Å²) >= 11 is 0. The minimum Gasteiger partial charge on any atom is -0.457 e. The lowest BCUT2D eigenvalue weighted by Gasteiger charge is -2.26. The minimum atomic E-state index is -0.126. The summed E-state index contributed by atoms with van der Waals surface area (Å²) in [6, 6.07) is 76.1. The Morgan fingerprint density at radius 3 is 1.76 bits per heavy atom. The lowest BCUT2D eigenvalue weighted by molar-refractivity contribution is 0.479. The molecule has 3 aromatic heterocycles. The Hall–Kier alpha value is -8.61. The molecule has 68 heavy (non-hydrogen) atoms. The molecule has 6 nitrogen and oxygen atoms in total. The van der Waals surface area contributed by atoms with Crippen LogP contribution in [0.4, 0.5) is 22.7 Å². The predicted molar refractivity (Wildman–Crippen MR) is 283 cm³/mol. The molecule has 0 saturated heterocycles. The van der Waals surface area contributed by atoms with Crippen molar-refractivity contribution >= 4 is 77.1 Å². The van der Waals surface area contributed by atoms with Crippen molar-refractivity contribution in [3.8, 4) is 34.1 Å². The number of benzene rings is 9. The molecule has 0 spiro atoms. The van der Waals surface area contributed by atoms with Crippen LogP contribution < -0.4 is 14.5 Å². The number of nitrogens with zero attached hydrogens (tertiary/aromatic N) is 5. The smallest absolute Gasteiger partial charge is 0.139 e. The molecule has 9 aromatic carbocycles. The van der Waals surface area contributed by atoms with Crippen LogP contribution in [0.3, 0.4) is 0 Å². The van der Waals surface area contributed by atoms with Crippen molar-refractivity contribution < 1.29 is 4.74 Å². The zero-order valence-electron chi connectivity index (χ0n) is 38.1. The fourth-order valence-electron chi connectivity index (χ4n) is 10.3. The van der Waals surface area contributed by atoms with Crippen LogP contribution in [0.5, 0.6) is 11.5 Å². The van der Waals surface area contributed by atoms with Crippen LogP contribution in [-0.2, 0) is 5.41 Å². The van der Waals surface area contributed by atoms with Gasteiger partial charge in [0.15, 0.2) is 0 Å². The van der Waals surface area contributed by atoms with Crippen LogP contribution in [0.2, 0.25) is 0 Å². The van der Waals surface area contributed by atoms with E-state index in [1.165, 1.54) is 38.7 Å². The Morgan fingerprint density at radius 2 is 1.03 bits per heavy atom. The first-order valence-electron chi connectivity index (χ1n) is 23.4. The summed E-state index contributed by atoms with van der Waals surface area (Å²) in [5.74, 6) is 2.37. The Bertz CT molecular complexity index is 3900. The van der Waals surface area contributed by atoms with Gasteiger partial charge in [0.25, 0.3) is 0 Å². The van der Waals surface area contributed by atoms with E-state index in [4.69, 9.17) is 9.72 Å². The largest absolute Gasteiger partial charge is 0.457 e. The molecule has 6 heteroatoms. The maximum atomic E-state index is 7.05. The van der Waals surface area contributed by atoms with Gasteiger partial charge in [0.1, 0.15) is 24.0 Å². The molecule has 326 valence electrons. The van der Waals surface area contributed by atoms with E-state index in [0.717, 1.165) is 78.2 Å². The summed E-state index contributed by atoms with van der Waals surface area (Å²) in [5, 5.41) is 6.97. The molecule has 1 aliphatic rings. The third-order valence-corrected chi connectivity index (χ3v) is 13.7. The van der Waals surface area contributed by atoms with Crippen molar-refractivity contribution in [2.24, 2.45) is 0 Å². The molecule has 12 aromatic rings. The van der Waals surface area contributed by atoms with E-state index in [-0.39, 0.29) is 5.41 Å². The van der Waals surface area contributed by atoms with Gasteiger partial charge in [-0.3, -0.25) is 4.57 Å². The van der Waals surface area contributed by atoms with Gasteiger partial charge in [-0.25, -0.2) is 4.98 Å².